The lowest BCUT2D eigenvalue weighted by Crippen LogP contribution is -2.11. The second-order valence-electron chi connectivity index (χ2n) is 9.98. The number of fused-ring (bicyclic) bond motifs is 1. The summed E-state index contributed by atoms with van der Waals surface area (Å²) < 4.78 is 42.3. The van der Waals surface area contributed by atoms with Gasteiger partial charge < -0.3 is 19.7 Å². The maximum atomic E-state index is 15.1. The molecule has 2 aliphatic rings. The number of carboxylic acid groups (broad SMARTS) is 1. The summed E-state index contributed by atoms with van der Waals surface area (Å²) >= 11 is -2.08. The van der Waals surface area contributed by atoms with Gasteiger partial charge in [-0.1, -0.05) is 17.1 Å². The molecule has 0 amide bonds. The molecule has 38 heavy (non-hydrogen) atoms. The van der Waals surface area contributed by atoms with E-state index in [-0.39, 0.29) is 29.4 Å². The van der Waals surface area contributed by atoms with Gasteiger partial charge in [0.25, 0.3) is 0 Å². The number of aromatic nitrogens is 2. The van der Waals surface area contributed by atoms with Crippen LogP contribution < -0.4 is 10.1 Å². The van der Waals surface area contributed by atoms with Crippen LogP contribution in [0.4, 0.5) is 10.2 Å². The normalized spacial score (nSPS) is 20.6. The van der Waals surface area contributed by atoms with Crippen LogP contribution in [0.25, 0.3) is 11.1 Å². The molecule has 5 rings (SSSR count). The van der Waals surface area contributed by atoms with E-state index in [1.54, 1.807) is 12.4 Å². The standard InChI is InChI=1S/C28H30FN3O5S/c1-15-10-17(37-8-3-9-38(35)36)11-16(2)26(15)18-4-6-22(29)27-19(18)5-7-23(27)32-25-14-30-24(13-31-25)20-12-21(20)28(33)34/h4,6,10-11,13-14,20-21,23H,3,5,7-9,12H2,1-2H3,(H,31,32)(H,33,34)(H,35,36)/p-1/t20-,21-,23-/m1/s1. The lowest BCUT2D eigenvalue weighted by atomic mass is 9.90. The van der Waals surface area contributed by atoms with E-state index in [2.05, 4.69) is 15.3 Å². The van der Waals surface area contributed by atoms with E-state index >= 15 is 4.39 Å². The van der Waals surface area contributed by atoms with Crippen LogP contribution in [0.3, 0.4) is 0 Å². The first-order valence-electron chi connectivity index (χ1n) is 12.7. The summed E-state index contributed by atoms with van der Waals surface area (Å²) in [6.07, 6.45) is 5.61. The second-order valence-corrected chi connectivity index (χ2v) is 11.0. The van der Waals surface area contributed by atoms with Gasteiger partial charge in [-0.25, -0.2) is 9.37 Å². The largest absolute Gasteiger partial charge is 0.772 e. The molecule has 2 aliphatic carbocycles. The Hall–Kier alpha value is -3.37. The Bertz CT molecular complexity index is 1370. The van der Waals surface area contributed by atoms with Crippen molar-refractivity contribution in [1.82, 2.24) is 9.97 Å². The molecule has 2 N–H and O–H groups in total. The number of rotatable bonds is 10. The number of aliphatic carboxylic acids is 1. The summed E-state index contributed by atoms with van der Waals surface area (Å²) in [6.45, 7) is 4.30. The van der Waals surface area contributed by atoms with Crippen molar-refractivity contribution in [3.8, 4) is 16.9 Å². The third kappa shape index (κ3) is 5.42. The maximum absolute atomic E-state index is 15.1. The predicted octanol–water partition coefficient (Wildman–Crippen LogP) is 4.84. The van der Waals surface area contributed by atoms with E-state index in [4.69, 9.17) is 9.84 Å². The smallest absolute Gasteiger partial charge is 0.307 e. The van der Waals surface area contributed by atoms with Crippen LogP contribution in [0.15, 0.2) is 36.7 Å². The highest BCUT2D eigenvalue weighted by Crippen LogP contribution is 2.47. The van der Waals surface area contributed by atoms with Crippen molar-refractivity contribution in [2.45, 2.75) is 51.5 Å². The molecule has 0 spiro atoms. The fourth-order valence-electron chi connectivity index (χ4n) is 5.47. The summed E-state index contributed by atoms with van der Waals surface area (Å²) in [5, 5.41) is 12.5. The highest BCUT2D eigenvalue weighted by Gasteiger charge is 2.45. The summed E-state index contributed by atoms with van der Waals surface area (Å²) in [4.78, 5) is 20.0. The number of ether oxygens (including phenoxy) is 1. The predicted molar refractivity (Wildman–Crippen MR) is 140 cm³/mol. The van der Waals surface area contributed by atoms with E-state index < -0.39 is 17.0 Å². The Labute approximate surface area is 223 Å². The van der Waals surface area contributed by atoms with Gasteiger partial charge in [-0.3, -0.25) is 14.0 Å². The third-order valence-corrected chi connectivity index (χ3v) is 7.94. The van der Waals surface area contributed by atoms with Crippen molar-refractivity contribution >= 4 is 22.9 Å². The molecule has 0 aliphatic heterocycles. The quantitative estimate of drug-likeness (QED) is 0.278. The van der Waals surface area contributed by atoms with E-state index in [9.17, 15) is 13.6 Å². The number of carboxylic acids is 1. The fraction of sp³-hybridized carbons (Fsp3) is 0.393. The number of anilines is 1. The van der Waals surface area contributed by atoms with Crippen LogP contribution >= 0.6 is 0 Å². The van der Waals surface area contributed by atoms with Gasteiger partial charge in [0.1, 0.15) is 17.4 Å². The average molecular weight is 539 g/mol. The molecule has 1 fully saturated rings. The molecule has 3 aromatic rings. The molecule has 1 saturated carbocycles. The van der Waals surface area contributed by atoms with Gasteiger partial charge in [0.15, 0.2) is 0 Å². The van der Waals surface area contributed by atoms with Gasteiger partial charge in [0.2, 0.25) is 0 Å². The highest BCUT2D eigenvalue weighted by atomic mass is 32.2. The number of hydrogen-bond donors (Lipinski definition) is 2. The summed E-state index contributed by atoms with van der Waals surface area (Å²) in [5.41, 5.74) is 6.29. The van der Waals surface area contributed by atoms with Crippen molar-refractivity contribution in [3.63, 3.8) is 0 Å². The Balaban J connectivity index is 1.34. The minimum absolute atomic E-state index is 0.0639. The number of nitrogens with zero attached hydrogens (tertiary/aromatic N) is 2. The fourth-order valence-corrected chi connectivity index (χ4v) is 5.82. The molecule has 1 aromatic heterocycles. The van der Waals surface area contributed by atoms with Gasteiger partial charge in [-0.2, -0.15) is 0 Å². The van der Waals surface area contributed by atoms with E-state index in [0.717, 1.165) is 27.8 Å². The minimum atomic E-state index is -2.08. The van der Waals surface area contributed by atoms with E-state index in [1.165, 1.54) is 6.07 Å². The third-order valence-electron chi connectivity index (χ3n) is 7.32. The molecule has 0 saturated heterocycles. The zero-order chi connectivity index (χ0) is 27.0. The highest BCUT2D eigenvalue weighted by molar-refractivity contribution is 7.79. The Morgan fingerprint density at radius 2 is 2.00 bits per heavy atom. The first kappa shape index (κ1) is 26.2. The van der Waals surface area contributed by atoms with Gasteiger partial charge in [0, 0.05) is 17.2 Å². The molecule has 8 nitrogen and oxygen atoms in total. The topological polar surface area (TPSA) is 124 Å². The van der Waals surface area contributed by atoms with E-state index in [1.807, 2.05) is 32.0 Å². The molecule has 10 heteroatoms. The van der Waals surface area contributed by atoms with Gasteiger partial charge in [0.05, 0.1) is 36.7 Å². The Morgan fingerprint density at radius 3 is 2.63 bits per heavy atom. The molecule has 4 atom stereocenters. The molecule has 1 heterocycles. The minimum Gasteiger partial charge on any atom is -0.772 e. The van der Waals surface area contributed by atoms with Gasteiger partial charge in [-0.15, -0.1) is 0 Å². The Kier molecular flexibility index (Phi) is 7.45. The number of nitrogens with one attached hydrogen (secondary N) is 1. The molecule has 1 unspecified atom stereocenters. The van der Waals surface area contributed by atoms with Crippen molar-refractivity contribution in [1.29, 1.82) is 0 Å². The van der Waals surface area contributed by atoms with Crippen molar-refractivity contribution < 1.29 is 27.8 Å². The molecule has 0 radical (unpaired) electrons. The number of hydrogen-bond acceptors (Lipinski definition) is 7. The van der Waals surface area contributed by atoms with Gasteiger partial charge in [-0.05, 0) is 85.5 Å². The number of halogens is 1. The first-order valence-corrected chi connectivity index (χ1v) is 13.9. The lowest BCUT2D eigenvalue weighted by Gasteiger charge is -2.19. The lowest BCUT2D eigenvalue weighted by molar-refractivity contribution is -0.138. The SMILES string of the molecule is Cc1cc(OCCCS(=O)[O-])cc(C)c1-c1ccc(F)c2c1CC[C@H]2Nc1cnc([C@@H]2C[C@H]2C(=O)O)cn1. The van der Waals surface area contributed by atoms with Crippen LogP contribution in [-0.2, 0) is 22.3 Å². The van der Waals surface area contributed by atoms with E-state index in [0.29, 0.717) is 55.1 Å². The maximum Gasteiger partial charge on any atom is 0.307 e. The number of benzene rings is 2. The van der Waals surface area contributed by atoms with Crippen LogP contribution in [0.1, 0.15) is 59.2 Å². The summed E-state index contributed by atoms with van der Waals surface area (Å²) in [7, 11) is 0. The molecular weight excluding hydrogens is 509 g/mol. The molecule has 0 bridgehead atoms. The number of carbonyl (C=O) groups is 1. The van der Waals surface area contributed by atoms with Gasteiger partial charge >= 0.3 is 5.97 Å². The number of aryl methyl sites for hydroxylation is 2. The molecule has 200 valence electrons. The molecular formula is C28H29FN3O5S-. The van der Waals surface area contributed by atoms with Crippen LogP contribution in [0, 0.1) is 25.6 Å². The summed E-state index contributed by atoms with van der Waals surface area (Å²) in [5.74, 6) is -0.283. The second kappa shape index (κ2) is 10.8. The zero-order valence-electron chi connectivity index (χ0n) is 21.2. The van der Waals surface area contributed by atoms with Crippen molar-refractivity contribution in [2.24, 2.45) is 5.92 Å². The average Bonchev–Trinajstić information content (AvgIpc) is 3.57. The zero-order valence-corrected chi connectivity index (χ0v) is 22.0. The molecule has 2 aromatic carbocycles. The van der Waals surface area contributed by atoms with Crippen LogP contribution in [0.2, 0.25) is 0 Å². The van der Waals surface area contributed by atoms with Crippen LogP contribution in [-0.4, -0.2) is 42.2 Å². The Morgan fingerprint density at radius 1 is 1.24 bits per heavy atom. The monoisotopic (exact) mass is 538 g/mol. The summed E-state index contributed by atoms with van der Waals surface area (Å²) in [6, 6.07) is 6.95. The van der Waals surface area contributed by atoms with Crippen LogP contribution in [0.5, 0.6) is 5.75 Å². The first-order chi connectivity index (χ1) is 18.2. The van der Waals surface area contributed by atoms with Crippen molar-refractivity contribution in [2.75, 3.05) is 17.7 Å². The van der Waals surface area contributed by atoms with Crippen molar-refractivity contribution in [3.05, 3.63) is 70.4 Å².